The van der Waals surface area contributed by atoms with Crippen molar-refractivity contribution in [3.63, 3.8) is 0 Å². The lowest BCUT2D eigenvalue weighted by atomic mass is 10.1. The summed E-state index contributed by atoms with van der Waals surface area (Å²) in [5, 5.41) is 12.3. The molecule has 7 nitrogen and oxygen atoms in total. The van der Waals surface area contributed by atoms with E-state index in [9.17, 15) is 4.79 Å². The van der Waals surface area contributed by atoms with E-state index in [4.69, 9.17) is 14.8 Å². The van der Waals surface area contributed by atoms with Gasteiger partial charge in [0.15, 0.2) is 0 Å². The number of hydrogen-bond donors (Lipinski definition) is 2. The number of nitrogens with zero attached hydrogens (tertiary/aromatic N) is 3. The minimum atomic E-state index is -0.742. The molecule has 168 valence electrons. The molecule has 0 spiro atoms. The summed E-state index contributed by atoms with van der Waals surface area (Å²) in [6, 6.07) is 8.22. The zero-order chi connectivity index (χ0) is 21.9. The van der Waals surface area contributed by atoms with Gasteiger partial charge in [-0.05, 0) is 82.3 Å². The lowest BCUT2D eigenvalue weighted by molar-refractivity contribution is -0.137. The second kappa shape index (κ2) is 12.2. The third-order valence-electron chi connectivity index (χ3n) is 5.53. The Bertz CT molecular complexity index is 826. The van der Waals surface area contributed by atoms with Gasteiger partial charge in [0.25, 0.3) is 0 Å². The van der Waals surface area contributed by atoms with E-state index in [1.54, 1.807) is 6.20 Å². The molecular weight excluding hydrogens is 392 g/mol. The van der Waals surface area contributed by atoms with Gasteiger partial charge in [0.05, 0.1) is 6.20 Å². The molecule has 7 heteroatoms. The number of rotatable bonds is 13. The lowest BCUT2D eigenvalue weighted by Crippen LogP contribution is -2.31. The van der Waals surface area contributed by atoms with Crippen LogP contribution in [0, 0.1) is 6.92 Å². The summed E-state index contributed by atoms with van der Waals surface area (Å²) in [5.41, 5.74) is 3.43. The highest BCUT2D eigenvalue weighted by molar-refractivity contribution is 5.66. The van der Waals surface area contributed by atoms with E-state index < -0.39 is 5.97 Å². The van der Waals surface area contributed by atoms with Crippen molar-refractivity contribution in [3.05, 3.63) is 47.4 Å². The molecule has 1 aliphatic heterocycles. The van der Waals surface area contributed by atoms with Gasteiger partial charge in [0, 0.05) is 30.9 Å². The third-order valence-corrected chi connectivity index (χ3v) is 5.53. The van der Waals surface area contributed by atoms with Gasteiger partial charge in [-0.15, -0.1) is 0 Å². The molecule has 0 saturated heterocycles. The zero-order valence-corrected chi connectivity index (χ0v) is 18.5. The SMILES string of the molecule is Cc1ccc(OCCN(CCCCc2ccc3c(n2)NCCC3)CCCC(=O)O)cn1. The number of aliphatic carboxylic acids is 1. The Balaban J connectivity index is 1.41. The first kappa shape index (κ1) is 23.0. The summed E-state index contributed by atoms with van der Waals surface area (Å²) in [6.07, 6.45) is 7.95. The number of aromatic nitrogens is 2. The molecule has 1 aliphatic rings. The van der Waals surface area contributed by atoms with Crippen molar-refractivity contribution in [1.29, 1.82) is 0 Å². The Hall–Kier alpha value is -2.67. The number of ether oxygens (including phenoxy) is 1. The van der Waals surface area contributed by atoms with Crippen molar-refractivity contribution in [2.75, 3.05) is 38.1 Å². The smallest absolute Gasteiger partial charge is 0.303 e. The number of unbranched alkanes of at least 4 members (excludes halogenated alkanes) is 1. The van der Waals surface area contributed by atoms with Gasteiger partial charge in [0.1, 0.15) is 18.2 Å². The van der Waals surface area contributed by atoms with Gasteiger partial charge in [-0.25, -0.2) is 4.98 Å². The van der Waals surface area contributed by atoms with Gasteiger partial charge in [-0.1, -0.05) is 6.07 Å². The molecule has 0 amide bonds. The van der Waals surface area contributed by atoms with Gasteiger partial charge in [0.2, 0.25) is 0 Å². The highest BCUT2D eigenvalue weighted by Crippen LogP contribution is 2.20. The van der Waals surface area contributed by atoms with Crippen LogP contribution in [-0.4, -0.2) is 58.7 Å². The maximum absolute atomic E-state index is 10.9. The molecular formula is C24H34N4O3. The maximum atomic E-state index is 10.9. The van der Waals surface area contributed by atoms with Gasteiger partial charge < -0.3 is 15.2 Å². The van der Waals surface area contributed by atoms with E-state index in [0.717, 1.165) is 74.8 Å². The van der Waals surface area contributed by atoms with Crippen molar-refractivity contribution >= 4 is 11.8 Å². The molecule has 3 rings (SSSR count). The summed E-state index contributed by atoms with van der Waals surface area (Å²) >= 11 is 0. The topological polar surface area (TPSA) is 87.6 Å². The van der Waals surface area contributed by atoms with Gasteiger partial charge >= 0.3 is 5.97 Å². The van der Waals surface area contributed by atoms with E-state index in [-0.39, 0.29) is 6.42 Å². The standard InChI is InChI=1S/C24H34N4O3/c1-19-9-12-22(18-26-19)31-17-16-28(15-5-8-23(29)30)14-3-2-7-21-11-10-20-6-4-13-25-24(20)27-21/h9-12,18H,2-8,13-17H2,1H3,(H,25,27)(H,29,30). The normalized spacial score (nSPS) is 13.0. The van der Waals surface area contributed by atoms with E-state index in [2.05, 4.69) is 27.3 Å². The predicted octanol–water partition coefficient (Wildman–Crippen LogP) is 3.71. The van der Waals surface area contributed by atoms with Gasteiger partial charge in [-0.2, -0.15) is 0 Å². The maximum Gasteiger partial charge on any atom is 0.303 e. The lowest BCUT2D eigenvalue weighted by Gasteiger charge is -2.22. The average molecular weight is 427 g/mol. The number of anilines is 1. The van der Waals surface area contributed by atoms with E-state index >= 15 is 0 Å². The largest absolute Gasteiger partial charge is 0.491 e. The number of nitrogens with one attached hydrogen (secondary N) is 1. The fourth-order valence-electron chi connectivity index (χ4n) is 3.77. The molecule has 0 fully saturated rings. The minimum absolute atomic E-state index is 0.200. The fourth-order valence-corrected chi connectivity index (χ4v) is 3.77. The average Bonchev–Trinajstić information content (AvgIpc) is 2.77. The van der Waals surface area contributed by atoms with Crippen LogP contribution in [0.15, 0.2) is 30.5 Å². The Labute approximate surface area is 184 Å². The van der Waals surface area contributed by atoms with E-state index in [1.165, 1.54) is 12.0 Å². The third kappa shape index (κ3) is 8.17. The number of carboxylic acids is 1. The Morgan fingerprint density at radius 1 is 1.16 bits per heavy atom. The monoisotopic (exact) mass is 426 g/mol. The quantitative estimate of drug-likeness (QED) is 0.472. The molecule has 0 saturated carbocycles. The van der Waals surface area contributed by atoms with Crippen LogP contribution < -0.4 is 10.1 Å². The number of fused-ring (bicyclic) bond motifs is 1. The Morgan fingerprint density at radius 2 is 2.03 bits per heavy atom. The summed E-state index contributed by atoms with van der Waals surface area (Å²) in [5.74, 6) is 1.08. The van der Waals surface area contributed by atoms with Crippen LogP contribution in [-0.2, 0) is 17.6 Å². The molecule has 2 N–H and O–H groups in total. The molecule has 0 unspecified atom stereocenters. The number of carboxylic acid groups (broad SMARTS) is 1. The molecule has 0 aromatic carbocycles. The molecule has 0 bridgehead atoms. The summed E-state index contributed by atoms with van der Waals surface area (Å²) < 4.78 is 5.81. The summed E-state index contributed by atoms with van der Waals surface area (Å²) in [6.45, 7) is 5.99. The first-order chi connectivity index (χ1) is 15.1. The predicted molar refractivity (Wildman–Crippen MR) is 122 cm³/mol. The Kier molecular flexibility index (Phi) is 9.09. The second-order valence-corrected chi connectivity index (χ2v) is 8.12. The van der Waals surface area contributed by atoms with Crippen LogP contribution >= 0.6 is 0 Å². The van der Waals surface area contributed by atoms with Crippen LogP contribution in [0.4, 0.5) is 5.82 Å². The number of carbonyl (C=O) groups is 1. The first-order valence-electron chi connectivity index (χ1n) is 11.3. The zero-order valence-electron chi connectivity index (χ0n) is 18.5. The fraction of sp³-hybridized carbons (Fsp3) is 0.542. The molecule has 0 atom stereocenters. The van der Waals surface area contributed by atoms with Crippen LogP contribution in [0.2, 0.25) is 0 Å². The molecule has 0 aliphatic carbocycles. The number of hydrogen-bond acceptors (Lipinski definition) is 6. The van der Waals surface area contributed by atoms with Crippen molar-refractivity contribution in [2.24, 2.45) is 0 Å². The van der Waals surface area contributed by atoms with E-state index in [1.807, 2.05) is 19.1 Å². The van der Waals surface area contributed by atoms with Crippen LogP contribution in [0.1, 0.15) is 49.1 Å². The number of aryl methyl sites for hydroxylation is 3. The van der Waals surface area contributed by atoms with Crippen LogP contribution in [0.5, 0.6) is 5.75 Å². The van der Waals surface area contributed by atoms with Crippen molar-refractivity contribution in [2.45, 2.75) is 51.9 Å². The van der Waals surface area contributed by atoms with E-state index in [0.29, 0.717) is 13.0 Å². The first-order valence-corrected chi connectivity index (χ1v) is 11.3. The molecule has 31 heavy (non-hydrogen) atoms. The van der Waals surface area contributed by atoms with Crippen molar-refractivity contribution < 1.29 is 14.6 Å². The second-order valence-electron chi connectivity index (χ2n) is 8.12. The molecule has 3 heterocycles. The number of pyridine rings is 2. The highest BCUT2D eigenvalue weighted by atomic mass is 16.5. The minimum Gasteiger partial charge on any atom is -0.491 e. The van der Waals surface area contributed by atoms with Crippen LogP contribution in [0.25, 0.3) is 0 Å². The molecule has 0 radical (unpaired) electrons. The summed E-state index contributed by atoms with van der Waals surface area (Å²) in [4.78, 5) is 22.2. The molecule has 2 aromatic heterocycles. The van der Waals surface area contributed by atoms with Crippen LogP contribution in [0.3, 0.4) is 0 Å². The van der Waals surface area contributed by atoms with Crippen molar-refractivity contribution in [1.82, 2.24) is 14.9 Å². The highest BCUT2D eigenvalue weighted by Gasteiger charge is 2.11. The summed E-state index contributed by atoms with van der Waals surface area (Å²) in [7, 11) is 0. The van der Waals surface area contributed by atoms with Gasteiger partial charge in [-0.3, -0.25) is 14.7 Å². The Morgan fingerprint density at radius 3 is 2.84 bits per heavy atom. The molecule has 2 aromatic rings. The van der Waals surface area contributed by atoms with Crippen molar-refractivity contribution in [3.8, 4) is 5.75 Å².